The molecular formula is C37H36F3N7O4. The third-order valence-electron chi connectivity index (χ3n) is 10.6. The lowest BCUT2D eigenvalue weighted by molar-refractivity contribution is 0.107. The zero-order valence-electron chi connectivity index (χ0n) is 27.8. The number of benzene rings is 1. The second-order valence-corrected chi connectivity index (χ2v) is 13.7. The van der Waals surface area contributed by atoms with Gasteiger partial charge in [0.25, 0.3) is 0 Å². The Morgan fingerprint density at radius 1 is 1.24 bits per heavy atom. The largest absolute Gasteiger partial charge is 0.508 e. The van der Waals surface area contributed by atoms with Crippen LogP contribution in [0.4, 0.5) is 24.8 Å². The molecule has 1 aromatic carbocycles. The van der Waals surface area contributed by atoms with E-state index in [9.17, 15) is 14.6 Å². The van der Waals surface area contributed by atoms with Crippen molar-refractivity contribution in [3.05, 3.63) is 59.0 Å². The molecule has 0 saturated carbocycles. The number of pyridine rings is 2. The fraction of sp³-hybridized carbons (Fsp3) is 0.405. The summed E-state index contributed by atoms with van der Waals surface area (Å²) in [6.07, 6.45) is 8.63. The summed E-state index contributed by atoms with van der Waals surface area (Å²) in [5, 5.41) is 21.3. The van der Waals surface area contributed by atoms with Crippen LogP contribution in [0.1, 0.15) is 54.8 Å². The van der Waals surface area contributed by atoms with Crippen LogP contribution in [0.25, 0.3) is 28.2 Å². The zero-order valence-corrected chi connectivity index (χ0v) is 27.8. The molecule has 1 aliphatic carbocycles. The van der Waals surface area contributed by atoms with Crippen LogP contribution in [0.5, 0.6) is 17.6 Å². The van der Waals surface area contributed by atoms with Crippen molar-refractivity contribution in [3.8, 4) is 41.2 Å². The maximum atomic E-state index is 17.3. The SMILES string of the molecule is C#CC1c2c(cc(O)cc2-c2nc3c4c(nc(OC[C@@]56CCCN5C[C@H](F)C6)nc4c2F)N([C@H](C)c2cccnc2N)C[C@H](CO)O3)C=CC1F. The molecule has 3 aliphatic heterocycles. The lowest BCUT2D eigenvalue weighted by Crippen LogP contribution is -2.43. The predicted molar refractivity (Wildman–Crippen MR) is 184 cm³/mol. The van der Waals surface area contributed by atoms with Crippen LogP contribution in [0, 0.1) is 18.2 Å². The van der Waals surface area contributed by atoms with Gasteiger partial charge in [-0.15, -0.1) is 6.42 Å². The molecule has 0 bridgehead atoms. The number of halogens is 3. The van der Waals surface area contributed by atoms with Crippen LogP contribution in [0.2, 0.25) is 0 Å². The molecule has 4 aliphatic rings. The Balaban J connectivity index is 1.35. The lowest BCUT2D eigenvalue weighted by Gasteiger charge is -2.32. The van der Waals surface area contributed by atoms with E-state index in [2.05, 4.69) is 25.8 Å². The molecule has 0 spiro atoms. The highest BCUT2D eigenvalue weighted by atomic mass is 19.1. The number of alkyl halides is 2. The number of hydrogen-bond donors (Lipinski definition) is 3. The molecular weight excluding hydrogens is 663 g/mol. The van der Waals surface area contributed by atoms with Gasteiger partial charge in [-0.05, 0) is 61.7 Å². The Kier molecular flexibility index (Phi) is 8.15. The number of nitrogens with zero attached hydrogens (tertiary/aromatic N) is 6. The quantitative estimate of drug-likeness (QED) is 0.228. The van der Waals surface area contributed by atoms with Crippen molar-refractivity contribution in [2.45, 2.75) is 62.1 Å². The van der Waals surface area contributed by atoms with Crippen LogP contribution in [-0.2, 0) is 0 Å². The number of aliphatic hydroxyl groups excluding tert-OH is 1. The van der Waals surface area contributed by atoms with Gasteiger partial charge in [-0.1, -0.05) is 18.1 Å². The van der Waals surface area contributed by atoms with Gasteiger partial charge in [-0.3, -0.25) is 4.90 Å². The fourth-order valence-electron chi connectivity index (χ4n) is 8.16. The van der Waals surface area contributed by atoms with E-state index in [0.29, 0.717) is 24.1 Å². The number of ether oxygens (including phenoxy) is 2. The molecule has 2 unspecified atom stereocenters. The number of allylic oxidation sites excluding steroid dienone is 1. The van der Waals surface area contributed by atoms with E-state index < -0.39 is 48.4 Å². The van der Waals surface area contributed by atoms with Crippen molar-refractivity contribution in [2.24, 2.45) is 0 Å². The number of fused-ring (bicyclic) bond motifs is 2. The number of rotatable bonds is 7. The number of aromatic hydroxyl groups is 1. The summed E-state index contributed by atoms with van der Waals surface area (Å²) in [7, 11) is 0. The molecule has 11 nitrogen and oxygen atoms in total. The second-order valence-electron chi connectivity index (χ2n) is 13.7. The molecule has 0 amide bonds. The summed E-state index contributed by atoms with van der Waals surface area (Å²) in [5.74, 6) is 0.624. The molecule has 6 heterocycles. The molecule has 264 valence electrons. The molecule has 6 atom stereocenters. The summed E-state index contributed by atoms with van der Waals surface area (Å²) in [6, 6.07) is 5.59. The molecule has 3 aromatic heterocycles. The molecule has 8 rings (SSSR count). The number of anilines is 2. The van der Waals surface area contributed by atoms with E-state index in [4.69, 9.17) is 26.6 Å². The van der Waals surface area contributed by atoms with Gasteiger partial charge in [0, 0.05) is 30.3 Å². The Morgan fingerprint density at radius 3 is 2.86 bits per heavy atom. The summed E-state index contributed by atoms with van der Waals surface area (Å²) >= 11 is 0. The summed E-state index contributed by atoms with van der Waals surface area (Å²) in [6.45, 7) is 2.65. The van der Waals surface area contributed by atoms with E-state index >= 15 is 8.78 Å². The third-order valence-corrected chi connectivity index (χ3v) is 10.6. The number of nitrogen functional groups attached to an aromatic ring is 1. The highest BCUT2D eigenvalue weighted by molar-refractivity contribution is 5.97. The first-order valence-electron chi connectivity index (χ1n) is 16.9. The van der Waals surface area contributed by atoms with Gasteiger partial charge in [0.15, 0.2) is 5.82 Å². The smallest absolute Gasteiger partial charge is 0.319 e. The number of hydrogen-bond acceptors (Lipinski definition) is 11. The van der Waals surface area contributed by atoms with Crippen molar-refractivity contribution < 1.29 is 32.9 Å². The molecule has 4 N–H and O–H groups in total. The number of terminal acetylenes is 1. The predicted octanol–water partition coefficient (Wildman–Crippen LogP) is 4.87. The van der Waals surface area contributed by atoms with Crippen LogP contribution < -0.4 is 20.1 Å². The summed E-state index contributed by atoms with van der Waals surface area (Å²) < 4.78 is 59.6. The van der Waals surface area contributed by atoms with Gasteiger partial charge < -0.3 is 30.3 Å². The number of phenolic OH excluding ortho intramolecular Hbond substituents is 1. The maximum absolute atomic E-state index is 17.3. The molecule has 51 heavy (non-hydrogen) atoms. The van der Waals surface area contributed by atoms with Gasteiger partial charge in [0.1, 0.15) is 59.0 Å². The van der Waals surface area contributed by atoms with E-state index in [1.165, 1.54) is 24.3 Å². The molecule has 2 fully saturated rings. The van der Waals surface area contributed by atoms with Gasteiger partial charge >= 0.3 is 6.01 Å². The zero-order chi connectivity index (χ0) is 35.6. The average Bonchev–Trinajstić information content (AvgIpc) is 3.59. The Morgan fingerprint density at radius 2 is 2.08 bits per heavy atom. The summed E-state index contributed by atoms with van der Waals surface area (Å²) in [4.78, 5) is 22.1. The van der Waals surface area contributed by atoms with Crippen molar-refractivity contribution in [3.63, 3.8) is 0 Å². The van der Waals surface area contributed by atoms with Gasteiger partial charge in [0.05, 0.1) is 30.7 Å². The lowest BCUT2D eigenvalue weighted by atomic mass is 9.82. The standard InChI is InChI=1S/C37H36F3N7O4/c1-3-24-27(39)8-7-20-12-22(49)13-26(28(20)24)31-30(40)32-29-34(45-36(44-32)50-18-37-9-5-11-46(37)15-21(38)14-37)47(16-23(17-48)51-35(29)43-31)19(2)25-6-4-10-42-33(25)41/h1,4,6-8,10,12-13,19,21,23-24,27,48-49H,5,9,11,14-18H2,2H3,(H2,41,42)/t19-,21-,23-,24?,27?,37+/m1/s1. The monoisotopic (exact) mass is 699 g/mol. The third kappa shape index (κ3) is 5.46. The second kappa shape index (κ2) is 12.6. The molecule has 14 heteroatoms. The molecule has 2 saturated heterocycles. The van der Waals surface area contributed by atoms with E-state index in [0.717, 1.165) is 19.4 Å². The topological polar surface area (TPSA) is 143 Å². The van der Waals surface area contributed by atoms with Crippen molar-refractivity contribution in [1.82, 2.24) is 24.8 Å². The van der Waals surface area contributed by atoms with E-state index in [-0.39, 0.29) is 70.2 Å². The highest BCUT2D eigenvalue weighted by Crippen LogP contribution is 2.47. The maximum Gasteiger partial charge on any atom is 0.319 e. The van der Waals surface area contributed by atoms with E-state index in [1.54, 1.807) is 17.2 Å². The van der Waals surface area contributed by atoms with Crippen molar-refractivity contribution in [2.75, 3.05) is 43.5 Å². The number of aromatic nitrogens is 4. The summed E-state index contributed by atoms with van der Waals surface area (Å²) in [5.41, 5.74) is 6.62. The van der Waals surface area contributed by atoms with Gasteiger partial charge in [-0.25, -0.2) is 23.1 Å². The highest BCUT2D eigenvalue weighted by Gasteiger charge is 2.49. The number of aliphatic hydroxyl groups is 1. The average molecular weight is 700 g/mol. The van der Waals surface area contributed by atoms with Crippen molar-refractivity contribution in [1.29, 1.82) is 0 Å². The van der Waals surface area contributed by atoms with Crippen LogP contribution in [0.3, 0.4) is 0 Å². The van der Waals surface area contributed by atoms with Crippen molar-refractivity contribution >= 4 is 28.6 Å². The van der Waals surface area contributed by atoms with Gasteiger partial charge in [-0.2, -0.15) is 9.97 Å². The first-order valence-corrected chi connectivity index (χ1v) is 16.9. The first-order chi connectivity index (χ1) is 24.6. The number of phenols is 1. The molecule has 4 aromatic rings. The fourth-order valence-corrected chi connectivity index (χ4v) is 8.16. The Labute approximate surface area is 291 Å². The van der Waals surface area contributed by atoms with Crippen LogP contribution >= 0.6 is 0 Å². The minimum Gasteiger partial charge on any atom is -0.508 e. The minimum absolute atomic E-state index is 0.0559. The number of nitrogens with two attached hydrogens (primary N) is 1. The van der Waals surface area contributed by atoms with Crippen LogP contribution in [0.15, 0.2) is 36.5 Å². The van der Waals surface area contributed by atoms with Crippen LogP contribution in [-0.4, -0.2) is 91.9 Å². The molecule has 0 radical (unpaired) electrons. The normalized spacial score (nSPS) is 25.9. The van der Waals surface area contributed by atoms with Gasteiger partial charge in [0.2, 0.25) is 5.88 Å². The first kappa shape index (κ1) is 33.0. The Hall–Kier alpha value is -5.13. The Bertz CT molecular complexity index is 2110. The minimum atomic E-state index is -1.57. The van der Waals surface area contributed by atoms with E-state index in [1.807, 2.05) is 13.0 Å².